The van der Waals surface area contributed by atoms with Crippen molar-refractivity contribution in [3.8, 4) is 6.07 Å². The molecule has 0 aliphatic heterocycles. The van der Waals surface area contributed by atoms with E-state index in [1.807, 2.05) is 0 Å². The van der Waals surface area contributed by atoms with E-state index >= 15 is 0 Å². The van der Waals surface area contributed by atoms with Crippen LogP contribution < -0.4 is 0 Å². The molecule has 0 bridgehead atoms. The summed E-state index contributed by atoms with van der Waals surface area (Å²) < 4.78 is 38.4. The van der Waals surface area contributed by atoms with Gasteiger partial charge in [0.15, 0.2) is 0 Å². The molecule has 17 heavy (non-hydrogen) atoms. The molecule has 0 N–H and O–H groups in total. The van der Waals surface area contributed by atoms with E-state index in [4.69, 9.17) is 5.26 Å². The molecule has 0 amide bonds. The van der Waals surface area contributed by atoms with Gasteiger partial charge in [-0.2, -0.15) is 18.4 Å². The van der Waals surface area contributed by atoms with Crippen LogP contribution in [0.25, 0.3) is 10.8 Å². The Morgan fingerprint density at radius 2 is 1.76 bits per heavy atom. The summed E-state index contributed by atoms with van der Waals surface area (Å²) in [5, 5.41) is 9.86. The zero-order valence-electron chi connectivity index (χ0n) is 8.75. The van der Waals surface area contributed by atoms with Crippen LogP contribution in [0.4, 0.5) is 13.2 Å². The van der Waals surface area contributed by atoms with Crippen LogP contribution in [0.2, 0.25) is 0 Å². The molecule has 0 fully saturated rings. The van der Waals surface area contributed by atoms with Gasteiger partial charge in [-0.05, 0) is 22.4 Å². The van der Waals surface area contributed by atoms with Gasteiger partial charge in [-0.3, -0.25) is 0 Å². The molecule has 86 valence electrons. The fourth-order valence-corrected chi connectivity index (χ4v) is 1.87. The molecule has 0 saturated heterocycles. The highest BCUT2D eigenvalue weighted by atomic mass is 19.4. The van der Waals surface area contributed by atoms with Crippen molar-refractivity contribution >= 4 is 10.8 Å². The number of rotatable bonds is 1. The summed E-state index contributed by atoms with van der Waals surface area (Å²) in [7, 11) is 0. The molecule has 0 aromatic heterocycles. The molecule has 1 nitrogen and oxygen atoms in total. The maximum Gasteiger partial charge on any atom is 0.416 e. The van der Waals surface area contributed by atoms with E-state index in [0.29, 0.717) is 10.8 Å². The second-order valence-electron chi connectivity index (χ2n) is 3.65. The van der Waals surface area contributed by atoms with Crippen molar-refractivity contribution in [3.63, 3.8) is 0 Å². The second-order valence-corrected chi connectivity index (χ2v) is 3.65. The fraction of sp³-hybridized carbons (Fsp3) is 0.154. The quantitative estimate of drug-likeness (QED) is 0.734. The number of nitriles is 1. The number of alkyl halides is 3. The zero-order valence-corrected chi connectivity index (χ0v) is 8.75. The highest BCUT2D eigenvalue weighted by molar-refractivity contribution is 5.87. The van der Waals surface area contributed by atoms with E-state index < -0.39 is 11.7 Å². The average Bonchev–Trinajstić information content (AvgIpc) is 2.28. The summed E-state index contributed by atoms with van der Waals surface area (Å²) in [5.74, 6) is 0. The smallest absolute Gasteiger partial charge is 0.198 e. The summed E-state index contributed by atoms with van der Waals surface area (Å²) in [5.41, 5.74) is -0.671. The van der Waals surface area contributed by atoms with Gasteiger partial charge in [-0.25, -0.2) is 0 Å². The molecule has 0 aliphatic rings. The third-order valence-electron chi connectivity index (χ3n) is 2.60. The Morgan fingerprint density at radius 1 is 1.06 bits per heavy atom. The first-order valence-corrected chi connectivity index (χ1v) is 4.99. The van der Waals surface area contributed by atoms with Gasteiger partial charge in [0.25, 0.3) is 0 Å². The summed E-state index contributed by atoms with van der Waals surface area (Å²) in [6, 6.07) is 11.0. The molecule has 0 spiro atoms. The first-order chi connectivity index (χ1) is 8.04. The molecule has 0 radical (unpaired) electrons. The fourth-order valence-electron chi connectivity index (χ4n) is 1.87. The van der Waals surface area contributed by atoms with Crippen LogP contribution in [0.5, 0.6) is 0 Å². The Balaban J connectivity index is 2.78. The second kappa shape index (κ2) is 4.10. The third-order valence-corrected chi connectivity index (χ3v) is 2.60. The first kappa shape index (κ1) is 11.5. The highest BCUT2D eigenvalue weighted by Gasteiger charge is 2.33. The number of hydrogen-bond donors (Lipinski definition) is 0. The van der Waals surface area contributed by atoms with E-state index in [-0.39, 0.29) is 12.0 Å². The predicted octanol–water partition coefficient (Wildman–Crippen LogP) is 3.92. The Bertz CT molecular complexity index is 594. The molecular formula is C13H8F3N. The van der Waals surface area contributed by atoms with Gasteiger partial charge >= 0.3 is 6.18 Å². The predicted molar refractivity (Wildman–Crippen MR) is 58.3 cm³/mol. The minimum Gasteiger partial charge on any atom is -0.198 e. The lowest BCUT2D eigenvalue weighted by Gasteiger charge is -2.13. The maximum atomic E-state index is 12.8. The topological polar surface area (TPSA) is 23.8 Å². The van der Waals surface area contributed by atoms with Crippen LogP contribution in [0, 0.1) is 11.3 Å². The average molecular weight is 235 g/mol. The van der Waals surface area contributed by atoms with Crippen LogP contribution >= 0.6 is 0 Å². The molecule has 0 heterocycles. The van der Waals surface area contributed by atoms with Crippen molar-refractivity contribution in [2.45, 2.75) is 12.6 Å². The lowest BCUT2D eigenvalue weighted by Crippen LogP contribution is -2.09. The van der Waals surface area contributed by atoms with Gasteiger partial charge in [-0.15, -0.1) is 0 Å². The number of benzene rings is 2. The Kier molecular flexibility index (Phi) is 2.76. The van der Waals surface area contributed by atoms with Gasteiger partial charge in [-0.1, -0.05) is 30.3 Å². The van der Waals surface area contributed by atoms with Crippen LogP contribution in [0.15, 0.2) is 36.4 Å². The van der Waals surface area contributed by atoms with Crippen LogP contribution in [0.3, 0.4) is 0 Å². The molecule has 0 saturated carbocycles. The number of halogens is 3. The first-order valence-electron chi connectivity index (χ1n) is 4.99. The summed E-state index contributed by atoms with van der Waals surface area (Å²) in [6.45, 7) is 0. The van der Waals surface area contributed by atoms with E-state index in [1.54, 1.807) is 30.3 Å². The Hall–Kier alpha value is -2.02. The molecular weight excluding hydrogens is 227 g/mol. The van der Waals surface area contributed by atoms with Crippen molar-refractivity contribution in [1.29, 1.82) is 5.26 Å². The van der Waals surface area contributed by atoms with Crippen LogP contribution in [0.1, 0.15) is 11.1 Å². The molecule has 4 heteroatoms. The summed E-state index contributed by atoms with van der Waals surface area (Å²) in [4.78, 5) is 0. The number of hydrogen-bond acceptors (Lipinski definition) is 1. The molecule has 0 atom stereocenters. The van der Waals surface area contributed by atoms with E-state index in [0.717, 1.165) is 6.07 Å². The van der Waals surface area contributed by atoms with Gasteiger partial charge in [0.2, 0.25) is 0 Å². The standard InChI is InChI=1S/C13H8F3N/c14-13(15,16)12-6-5-9-3-1-2-4-10(9)11(12)7-8-17/h1-6H,7H2. The Morgan fingerprint density at radius 3 is 2.41 bits per heavy atom. The van der Waals surface area contributed by atoms with Crippen molar-refractivity contribution in [2.75, 3.05) is 0 Å². The number of fused-ring (bicyclic) bond motifs is 1. The minimum atomic E-state index is -4.42. The lowest BCUT2D eigenvalue weighted by molar-refractivity contribution is -0.138. The normalized spacial score (nSPS) is 11.4. The molecule has 2 rings (SSSR count). The van der Waals surface area contributed by atoms with Gasteiger partial charge < -0.3 is 0 Å². The van der Waals surface area contributed by atoms with E-state index in [9.17, 15) is 13.2 Å². The molecule has 0 aliphatic carbocycles. The highest BCUT2D eigenvalue weighted by Crippen LogP contribution is 2.35. The van der Waals surface area contributed by atoms with Gasteiger partial charge in [0.05, 0.1) is 18.1 Å². The summed E-state index contributed by atoms with van der Waals surface area (Å²) >= 11 is 0. The maximum absolute atomic E-state index is 12.8. The van der Waals surface area contributed by atoms with Crippen molar-refractivity contribution in [3.05, 3.63) is 47.5 Å². The molecule has 0 unspecified atom stereocenters. The van der Waals surface area contributed by atoms with E-state index in [1.165, 1.54) is 6.07 Å². The Labute approximate surface area is 96.1 Å². The largest absolute Gasteiger partial charge is 0.416 e. The molecule has 2 aromatic rings. The minimum absolute atomic E-state index is 0.0538. The van der Waals surface area contributed by atoms with Crippen LogP contribution in [-0.2, 0) is 12.6 Å². The number of nitrogens with zero attached hydrogens (tertiary/aromatic N) is 1. The lowest BCUT2D eigenvalue weighted by atomic mass is 9.97. The van der Waals surface area contributed by atoms with Gasteiger partial charge in [0, 0.05) is 0 Å². The monoisotopic (exact) mass is 235 g/mol. The third kappa shape index (κ3) is 2.09. The molecule has 2 aromatic carbocycles. The van der Waals surface area contributed by atoms with E-state index in [2.05, 4.69) is 0 Å². The van der Waals surface area contributed by atoms with Gasteiger partial charge in [0.1, 0.15) is 0 Å². The van der Waals surface area contributed by atoms with Crippen molar-refractivity contribution < 1.29 is 13.2 Å². The van der Waals surface area contributed by atoms with Crippen molar-refractivity contribution in [2.24, 2.45) is 0 Å². The SMILES string of the molecule is N#CCc1c(C(F)(F)F)ccc2ccccc12. The van der Waals surface area contributed by atoms with Crippen LogP contribution in [-0.4, -0.2) is 0 Å². The summed E-state index contributed by atoms with van der Waals surface area (Å²) in [6.07, 6.45) is -4.66. The zero-order chi connectivity index (χ0) is 12.5. The van der Waals surface area contributed by atoms with Crippen molar-refractivity contribution in [1.82, 2.24) is 0 Å².